The maximum atomic E-state index is 12.7. The number of rotatable bonds is 7. The van der Waals surface area contributed by atoms with Crippen molar-refractivity contribution in [3.05, 3.63) is 81.8 Å². The molecular formula is C25H24N2O3S. The topological polar surface area (TPSA) is 60.5 Å². The lowest BCUT2D eigenvalue weighted by Gasteiger charge is -2.11. The van der Waals surface area contributed by atoms with Crippen molar-refractivity contribution in [1.29, 1.82) is 0 Å². The molecule has 0 aliphatic rings. The summed E-state index contributed by atoms with van der Waals surface area (Å²) in [7, 11) is 3.16. The summed E-state index contributed by atoms with van der Waals surface area (Å²) in [5, 5.41) is 6.41. The average molecular weight is 433 g/mol. The zero-order chi connectivity index (χ0) is 21.8. The van der Waals surface area contributed by atoms with Crippen molar-refractivity contribution in [2.24, 2.45) is 0 Å². The van der Waals surface area contributed by atoms with E-state index in [4.69, 9.17) is 14.5 Å². The summed E-state index contributed by atoms with van der Waals surface area (Å²) in [6.45, 7) is 1.96. The SMILES string of the molecule is COc1ccc(NC(=O)Cc2sc(Cc3cccc4ccccc34)nc2C)c(OC)c1. The van der Waals surface area contributed by atoms with Gasteiger partial charge in [-0.15, -0.1) is 11.3 Å². The molecule has 4 aromatic rings. The fraction of sp³-hybridized carbons (Fsp3) is 0.200. The summed E-state index contributed by atoms with van der Waals surface area (Å²) in [5.41, 5.74) is 2.76. The molecule has 1 N–H and O–H groups in total. The highest BCUT2D eigenvalue weighted by molar-refractivity contribution is 7.11. The van der Waals surface area contributed by atoms with E-state index >= 15 is 0 Å². The van der Waals surface area contributed by atoms with Crippen LogP contribution in [0.1, 0.15) is 21.1 Å². The summed E-state index contributed by atoms with van der Waals surface area (Å²) in [6, 6.07) is 20.0. The Balaban J connectivity index is 1.48. The summed E-state index contributed by atoms with van der Waals surface area (Å²) in [6.07, 6.45) is 1.02. The molecule has 0 saturated carbocycles. The number of amides is 1. The summed E-state index contributed by atoms with van der Waals surface area (Å²) < 4.78 is 10.6. The monoisotopic (exact) mass is 432 g/mol. The highest BCUT2D eigenvalue weighted by Gasteiger charge is 2.15. The van der Waals surface area contributed by atoms with Gasteiger partial charge in [-0.3, -0.25) is 4.79 Å². The number of benzene rings is 3. The maximum Gasteiger partial charge on any atom is 0.229 e. The van der Waals surface area contributed by atoms with Crippen LogP contribution in [-0.2, 0) is 17.6 Å². The van der Waals surface area contributed by atoms with Crippen LogP contribution in [-0.4, -0.2) is 25.1 Å². The third-order valence-electron chi connectivity index (χ3n) is 5.16. The Morgan fingerprint density at radius 1 is 1.03 bits per heavy atom. The van der Waals surface area contributed by atoms with Crippen LogP contribution in [0.4, 0.5) is 5.69 Å². The molecule has 4 rings (SSSR count). The number of methoxy groups -OCH3 is 2. The number of anilines is 1. The highest BCUT2D eigenvalue weighted by atomic mass is 32.1. The Morgan fingerprint density at radius 3 is 2.65 bits per heavy atom. The van der Waals surface area contributed by atoms with Crippen molar-refractivity contribution < 1.29 is 14.3 Å². The zero-order valence-corrected chi connectivity index (χ0v) is 18.6. The van der Waals surface area contributed by atoms with Crippen molar-refractivity contribution in [1.82, 2.24) is 4.98 Å². The number of ether oxygens (including phenoxy) is 2. The molecule has 1 aromatic heterocycles. The second-order valence-electron chi connectivity index (χ2n) is 7.22. The lowest BCUT2D eigenvalue weighted by Crippen LogP contribution is -2.15. The number of fused-ring (bicyclic) bond motifs is 1. The molecule has 0 unspecified atom stereocenters. The van der Waals surface area contributed by atoms with Crippen LogP contribution in [0.2, 0.25) is 0 Å². The molecule has 0 fully saturated rings. The van der Waals surface area contributed by atoms with Crippen molar-refractivity contribution in [2.75, 3.05) is 19.5 Å². The van der Waals surface area contributed by atoms with Gasteiger partial charge in [0.15, 0.2) is 0 Å². The first-order chi connectivity index (χ1) is 15.1. The van der Waals surface area contributed by atoms with E-state index in [9.17, 15) is 4.79 Å². The van der Waals surface area contributed by atoms with E-state index in [1.54, 1.807) is 43.8 Å². The molecule has 0 aliphatic carbocycles. The van der Waals surface area contributed by atoms with Crippen molar-refractivity contribution in [2.45, 2.75) is 19.8 Å². The second kappa shape index (κ2) is 9.18. The van der Waals surface area contributed by atoms with E-state index in [0.29, 0.717) is 17.2 Å². The van der Waals surface area contributed by atoms with Gasteiger partial charge in [0.2, 0.25) is 5.91 Å². The third kappa shape index (κ3) is 4.70. The van der Waals surface area contributed by atoms with Gasteiger partial charge in [-0.2, -0.15) is 0 Å². The largest absolute Gasteiger partial charge is 0.497 e. The Bertz CT molecular complexity index is 1230. The molecule has 1 amide bonds. The number of thiazole rings is 1. The first kappa shape index (κ1) is 20.9. The molecule has 0 saturated heterocycles. The van der Waals surface area contributed by atoms with E-state index in [2.05, 4.69) is 41.7 Å². The predicted octanol–water partition coefficient (Wildman–Crippen LogP) is 5.39. The molecular weight excluding hydrogens is 408 g/mol. The average Bonchev–Trinajstić information content (AvgIpc) is 3.12. The van der Waals surface area contributed by atoms with Crippen LogP contribution >= 0.6 is 11.3 Å². The van der Waals surface area contributed by atoms with Gasteiger partial charge < -0.3 is 14.8 Å². The van der Waals surface area contributed by atoms with E-state index in [-0.39, 0.29) is 12.3 Å². The normalized spacial score (nSPS) is 10.8. The molecule has 5 nitrogen and oxygen atoms in total. The fourth-order valence-electron chi connectivity index (χ4n) is 3.58. The molecule has 0 bridgehead atoms. The number of hydrogen-bond acceptors (Lipinski definition) is 5. The van der Waals surface area contributed by atoms with Gasteiger partial charge in [-0.05, 0) is 35.4 Å². The van der Waals surface area contributed by atoms with Gasteiger partial charge in [0.05, 0.1) is 37.0 Å². The van der Waals surface area contributed by atoms with E-state index in [1.165, 1.54) is 16.3 Å². The molecule has 0 radical (unpaired) electrons. The fourth-order valence-corrected chi connectivity index (χ4v) is 4.67. The Morgan fingerprint density at radius 2 is 1.84 bits per heavy atom. The minimum absolute atomic E-state index is 0.105. The number of aromatic nitrogens is 1. The molecule has 31 heavy (non-hydrogen) atoms. The second-order valence-corrected chi connectivity index (χ2v) is 8.39. The van der Waals surface area contributed by atoms with Crippen LogP contribution in [0, 0.1) is 6.92 Å². The Hall–Kier alpha value is -3.38. The molecule has 6 heteroatoms. The summed E-state index contributed by atoms with van der Waals surface area (Å²) >= 11 is 1.59. The molecule has 0 atom stereocenters. The standard InChI is InChI=1S/C25H24N2O3S/c1-16-23(15-24(28)27-21-12-11-19(29-2)14-22(21)30-3)31-25(26-16)13-18-9-6-8-17-7-4-5-10-20(17)18/h4-12,14H,13,15H2,1-3H3,(H,27,28). The number of aryl methyl sites for hydroxylation is 1. The molecule has 1 heterocycles. The minimum Gasteiger partial charge on any atom is -0.497 e. The van der Waals surface area contributed by atoms with Crippen LogP contribution in [0.25, 0.3) is 10.8 Å². The Kier molecular flexibility index (Phi) is 6.18. The van der Waals surface area contributed by atoms with E-state index < -0.39 is 0 Å². The summed E-state index contributed by atoms with van der Waals surface area (Å²) in [4.78, 5) is 18.4. The summed E-state index contributed by atoms with van der Waals surface area (Å²) in [5.74, 6) is 1.13. The third-order valence-corrected chi connectivity index (χ3v) is 6.32. The number of carbonyl (C=O) groups excluding carboxylic acids is 1. The lowest BCUT2D eigenvalue weighted by molar-refractivity contribution is -0.115. The first-order valence-electron chi connectivity index (χ1n) is 10.0. The molecule has 0 spiro atoms. The highest BCUT2D eigenvalue weighted by Crippen LogP contribution is 2.30. The van der Waals surface area contributed by atoms with Gasteiger partial charge >= 0.3 is 0 Å². The number of carbonyl (C=O) groups is 1. The quantitative estimate of drug-likeness (QED) is 0.425. The van der Waals surface area contributed by atoms with Crippen LogP contribution in [0.15, 0.2) is 60.7 Å². The number of nitrogens with one attached hydrogen (secondary N) is 1. The maximum absolute atomic E-state index is 12.7. The van der Waals surface area contributed by atoms with Gasteiger partial charge in [-0.25, -0.2) is 4.98 Å². The van der Waals surface area contributed by atoms with E-state index in [1.807, 2.05) is 13.0 Å². The van der Waals surface area contributed by atoms with Crippen molar-refractivity contribution in [3.63, 3.8) is 0 Å². The lowest BCUT2D eigenvalue weighted by atomic mass is 10.0. The predicted molar refractivity (Wildman–Crippen MR) is 125 cm³/mol. The van der Waals surface area contributed by atoms with E-state index in [0.717, 1.165) is 22.0 Å². The van der Waals surface area contributed by atoms with Gasteiger partial charge in [0, 0.05) is 17.4 Å². The van der Waals surface area contributed by atoms with Gasteiger partial charge in [-0.1, -0.05) is 42.5 Å². The van der Waals surface area contributed by atoms with Crippen molar-refractivity contribution in [3.8, 4) is 11.5 Å². The molecule has 0 aliphatic heterocycles. The minimum atomic E-state index is -0.105. The smallest absolute Gasteiger partial charge is 0.229 e. The van der Waals surface area contributed by atoms with Crippen LogP contribution in [0.3, 0.4) is 0 Å². The van der Waals surface area contributed by atoms with Crippen LogP contribution < -0.4 is 14.8 Å². The zero-order valence-electron chi connectivity index (χ0n) is 17.8. The number of hydrogen-bond donors (Lipinski definition) is 1. The molecule has 158 valence electrons. The van der Waals surface area contributed by atoms with Gasteiger partial charge in [0.1, 0.15) is 11.5 Å². The van der Waals surface area contributed by atoms with Gasteiger partial charge in [0.25, 0.3) is 0 Å². The van der Waals surface area contributed by atoms with Crippen LogP contribution in [0.5, 0.6) is 11.5 Å². The first-order valence-corrected chi connectivity index (χ1v) is 10.8. The molecule has 3 aromatic carbocycles. The van der Waals surface area contributed by atoms with Crippen molar-refractivity contribution >= 4 is 33.7 Å². The number of nitrogens with zero attached hydrogens (tertiary/aromatic N) is 1. The Labute approximate surface area is 185 Å².